The molecule has 1 aromatic heterocycles. The average Bonchev–Trinajstić information content (AvgIpc) is 2.32. The minimum Gasteiger partial charge on any atom is -0.377 e. The summed E-state index contributed by atoms with van der Waals surface area (Å²) in [5, 5.41) is 0.0666. The summed E-state index contributed by atoms with van der Waals surface area (Å²) in [5.41, 5.74) is 1.47. The van der Waals surface area contributed by atoms with Crippen LogP contribution in [-0.4, -0.2) is 17.1 Å². The van der Waals surface area contributed by atoms with E-state index in [4.69, 9.17) is 28.6 Å². The fourth-order valence-corrected chi connectivity index (χ4v) is 1.94. The highest BCUT2D eigenvalue weighted by Gasteiger charge is 2.05. The van der Waals surface area contributed by atoms with Gasteiger partial charge in [0, 0.05) is 12.8 Å². The fraction of sp³-hybridized carbons (Fsp3) is 0.167. The Morgan fingerprint density at radius 3 is 2.89 bits per heavy atom. The Bertz CT molecular complexity index is 630. The fourth-order valence-electron chi connectivity index (χ4n) is 1.53. The molecule has 18 heavy (non-hydrogen) atoms. The van der Waals surface area contributed by atoms with Gasteiger partial charge in [0.15, 0.2) is 0 Å². The first kappa shape index (κ1) is 13.1. The third kappa shape index (κ3) is 2.93. The van der Waals surface area contributed by atoms with Crippen LogP contribution in [0.4, 0.5) is 4.39 Å². The molecule has 2 aromatic rings. The molecule has 94 valence electrons. The van der Waals surface area contributed by atoms with Gasteiger partial charge in [-0.2, -0.15) is 0 Å². The first-order valence-electron chi connectivity index (χ1n) is 5.15. The zero-order chi connectivity index (χ0) is 13.1. The quantitative estimate of drug-likeness (QED) is 0.873. The molecule has 0 saturated carbocycles. The van der Waals surface area contributed by atoms with Gasteiger partial charge in [0.2, 0.25) is 0 Å². The van der Waals surface area contributed by atoms with Crippen molar-refractivity contribution < 1.29 is 9.13 Å². The molecule has 3 nitrogen and oxygen atoms in total. The maximum absolute atomic E-state index is 13.1. The zero-order valence-electron chi connectivity index (χ0n) is 9.54. The normalized spacial score (nSPS) is 10.6. The first-order chi connectivity index (χ1) is 8.60. The Kier molecular flexibility index (Phi) is 4.06. The Balaban J connectivity index is 2.49. The number of nitrogens with one attached hydrogen (secondary N) is 1. The SMILES string of the molecule is COCc1nc(=S)cc(-c2ccc(F)c(Cl)c2)[nH]1. The van der Waals surface area contributed by atoms with Crippen LogP contribution in [0.25, 0.3) is 11.3 Å². The third-order valence-corrected chi connectivity index (χ3v) is 2.80. The van der Waals surface area contributed by atoms with Gasteiger partial charge in [-0.25, -0.2) is 9.37 Å². The van der Waals surface area contributed by atoms with Crippen LogP contribution in [0.15, 0.2) is 24.3 Å². The molecule has 1 aromatic carbocycles. The third-order valence-electron chi connectivity index (χ3n) is 2.30. The lowest BCUT2D eigenvalue weighted by Crippen LogP contribution is -1.98. The molecule has 0 unspecified atom stereocenters. The number of aromatic nitrogens is 2. The molecule has 2 rings (SSSR count). The first-order valence-corrected chi connectivity index (χ1v) is 5.93. The topological polar surface area (TPSA) is 37.9 Å². The number of aromatic amines is 1. The minimum absolute atomic E-state index is 0.0666. The van der Waals surface area contributed by atoms with Crippen molar-refractivity contribution in [3.05, 3.63) is 45.6 Å². The van der Waals surface area contributed by atoms with Gasteiger partial charge in [-0.1, -0.05) is 23.8 Å². The Hall–Kier alpha value is -1.30. The van der Waals surface area contributed by atoms with E-state index in [-0.39, 0.29) is 5.02 Å². The van der Waals surface area contributed by atoms with Gasteiger partial charge < -0.3 is 9.72 Å². The van der Waals surface area contributed by atoms with E-state index in [0.717, 1.165) is 11.3 Å². The maximum Gasteiger partial charge on any atom is 0.141 e. The maximum atomic E-state index is 13.1. The van der Waals surface area contributed by atoms with Crippen LogP contribution in [0.3, 0.4) is 0 Å². The number of halogens is 2. The number of nitrogens with zero attached hydrogens (tertiary/aromatic N) is 1. The Morgan fingerprint density at radius 2 is 2.22 bits per heavy atom. The van der Waals surface area contributed by atoms with Crippen molar-refractivity contribution in [2.24, 2.45) is 0 Å². The van der Waals surface area contributed by atoms with Crippen molar-refractivity contribution in [2.45, 2.75) is 6.61 Å². The van der Waals surface area contributed by atoms with Crippen molar-refractivity contribution in [1.29, 1.82) is 0 Å². The summed E-state index contributed by atoms with van der Waals surface area (Å²) < 4.78 is 18.5. The van der Waals surface area contributed by atoms with Gasteiger partial charge >= 0.3 is 0 Å². The predicted octanol–water partition coefficient (Wildman–Crippen LogP) is 3.75. The van der Waals surface area contributed by atoms with Crippen molar-refractivity contribution in [2.75, 3.05) is 7.11 Å². The van der Waals surface area contributed by atoms with E-state index < -0.39 is 5.82 Å². The van der Waals surface area contributed by atoms with Gasteiger partial charge in [0.25, 0.3) is 0 Å². The Labute approximate surface area is 114 Å². The molecule has 0 aliphatic rings. The lowest BCUT2D eigenvalue weighted by molar-refractivity contribution is 0.177. The highest BCUT2D eigenvalue weighted by molar-refractivity contribution is 7.71. The molecule has 0 radical (unpaired) electrons. The largest absolute Gasteiger partial charge is 0.377 e. The lowest BCUT2D eigenvalue weighted by Gasteiger charge is -2.06. The van der Waals surface area contributed by atoms with E-state index in [1.165, 1.54) is 12.1 Å². The zero-order valence-corrected chi connectivity index (χ0v) is 11.1. The summed E-state index contributed by atoms with van der Waals surface area (Å²) in [5.74, 6) is 0.158. The molecule has 0 atom stereocenters. The van der Waals surface area contributed by atoms with Crippen LogP contribution >= 0.6 is 23.8 Å². The second kappa shape index (κ2) is 5.56. The van der Waals surface area contributed by atoms with E-state index in [1.807, 2.05) is 0 Å². The molecule has 1 N–H and O–H groups in total. The number of hydrogen-bond donors (Lipinski definition) is 1. The number of hydrogen-bond acceptors (Lipinski definition) is 3. The molecule has 0 bridgehead atoms. The van der Waals surface area contributed by atoms with Gasteiger partial charge in [0.1, 0.15) is 22.9 Å². The van der Waals surface area contributed by atoms with Crippen LogP contribution in [0.2, 0.25) is 5.02 Å². The summed E-state index contributed by atoms with van der Waals surface area (Å²) in [6.07, 6.45) is 0. The summed E-state index contributed by atoms with van der Waals surface area (Å²) in [7, 11) is 1.57. The van der Waals surface area contributed by atoms with Crippen LogP contribution in [0.1, 0.15) is 5.82 Å². The number of rotatable bonds is 3. The Morgan fingerprint density at radius 1 is 1.44 bits per heavy atom. The van der Waals surface area contributed by atoms with Crippen LogP contribution in [0.5, 0.6) is 0 Å². The smallest absolute Gasteiger partial charge is 0.141 e. The van der Waals surface area contributed by atoms with Crippen LogP contribution in [-0.2, 0) is 11.3 Å². The minimum atomic E-state index is -0.454. The van der Waals surface area contributed by atoms with Crippen LogP contribution in [0, 0.1) is 10.5 Å². The second-order valence-electron chi connectivity index (χ2n) is 3.64. The van der Waals surface area contributed by atoms with Gasteiger partial charge in [-0.3, -0.25) is 0 Å². The number of methoxy groups -OCH3 is 1. The summed E-state index contributed by atoms with van der Waals surface area (Å²) in [4.78, 5) is 7.18. The monoisotopic (exact) mass is 284 g/mol. The van der Waals surface area contributed by atoms with E-state index in [2.05, 4.69) is 9.97 Å². The van der Waals surface area contributed by atoms with E-state index in [9.17, 15) is 4.39 Å². The highest BCUT2D eigenvalue weighted by atomic mass is 35.5. The standard InChI is InChI=1S/C12H10ClFN2OS/c1-17-6-11-15-10(5-12(18)16-11)7-2-3-9(14)8(13)4-7/h2-5H,6H2,1H3,(H,15,16,18). The second-order valence-corrected chi connectivity index (χ2v) is 4.47. The van der Waals surface area contributed by atoms with Crippen molar-refractivity contribution in [1.82, 2.24) is 9.97 Å². The number of benzene rings is 1. The molecule has 1 heterocycles. The molecule has 0 aliphatic carbocycles. The van der Waals surface area contributed by atoms with Gasteiger partial charge in [0.05, 0.1) is 5.02 Å². The van der Waals surface area contributed by atoms with Crippen molar-refractivity contribution >= 4 is 23.8 Å². The van der Waals surface area contributed by atoms with Crippen LogP contribution < -0.4 is 0 Å². The van der Waals surface area contributed by atoms with E-state index in [1.54, 1.807) is 19.2 Å². The van der Waals surface area contributed by atoms with Gasteiger partial charge in [-0.05, 0) is 29.8 Å². The average molecular weight is 285 g/mol. The van der Waals surface area contributed by atoms with Crippen molar-refractivity contribution in [3.63, 3.8) is 0 Å². The summed E-state index contributed by atoms with van der Waals surface area (Å²) in [6, 6.07) is 6.16. The number of ether oxygens (including phenoxy) is 1. The van der Waals surface area contributed by atoms with E-state index >= 15 is 0 Å². The van der Waals surface area contributed by atoms with E-state index in [0.29, 0.717) is 17.1 Å². The van der Waals surface area contributed by atoms with Crippen molar-refractivity contribution in [3.8, 4) is 11.3 Å². The molecular formula is C12H10ClFN2OS. The molecule has 0 aliphatic heterocycles. The molecule has 0 fully saturated rings. The van der Waals surface area contributed by atoms with Gasteiger partial charge in [-0.15, -0.1) is 0 Å². The summed E-state index contributed by atoms with van der Waals surface area (Å²) >= 11 is 10.8. The molecular weight excluding hydrogens is 275 g/mol. The molecule has 0 saturated heterocycles. The molecule has 0 amide bonds. The summed E-state index contributed by atoms with van der Waals surface area (Å²) in [6.45, 7) is 0.326. The highest BCUT2D eigenvalue weighted by Crippen LogP contribution is 2.23. The molecule has 6 heteroatoms. The number of H-pyrrole nitrogens is 1. The predicted molar refractivity (Wildman–Crippen MR) is 70.5 cm³/mol. The lowest BCUT2D eigenvalue weighted by atomic mass is 10.1. The molecule has 0 spiro atoms.